The van der Waals surface area contributed by atoms with Gasteiger partial charge in [0.25, 0.3) is 0 Å². The van der Waals surface area contributed by atoms with Gasteiger partial charge in [0.15, 0.2) is 0 Å². The lowest BCUT2D eigenvalue weighted by Gasteiger charge is -2.47. The van der Waals surface area contributed by atoms with Crippen molar-refractivity contribution in [3.05, 3.63) is 30.3 Å². The smallest absolute Gasteiger partial charge is 0.0366 e. The number of benzene rings is 1. The van der Waals surface area contributed by atoms with Gasteiger partial charge in [0, 0.05) is 30.9 Å². The highest BCUT2D eigenvalue weighted by molar-refractivity contribution is 5.46. The SMILES string of the molecule is CC(C)CCN(C)C1(CN)CCN(c2ccccc2)CC1. The fraction of sp³-hybridized carbons (Fsp3) is 0.667. The highest BCUT2D eigenvalue weighted by Gasteiger charge is 2.36. The van der Waals surface area contributed by atoms with Crippen LogP contribution in [-0.4, -0.2) is 43.7 Å². The van der Waals surface area contributed by atoms with E-state index in [1.54, 1.807) is 0 Å². The fourth-order valence-electron chi connectivity index (χ4n) is 3.25. The average molecular weight is 289 g/mol. The molecule has 0 amide bonds. The molecule has 0 unspecified atom stereocenters. The minimum Gasteiger partial charge on any atom is -0.371 e. The first kappa shape index (κ1) is 16.3. The Morgan fingerprint density at radius 2 is 1.81 bits per heavy atom. The van der Waals surface area contributed by atoms with Crippen LogP contribution in [0.3, 0.4) is 0 Å². The summed E-state index contributed by atoms with van der Waals surface area (Å²) in [5.74, 6) is 0.756. The van der Waals surface area contributed by atoms with E-state index < -0.39 is 0 Å². The van der Waals surface area contributed by atoms with Crippen molar-refractivity contribution >= 4 is 5.69 Å². The first-order valence-corrected chi connectivity index (χ1v) is 8.29. The highest BCUT2D eigenvalue weighted by Crippen LogP contribution is 2.30. The summed E-state index contributed by atoms with van der Waals surface area (Å²) in [7, 11) is 2.26. The summed E-state index contributed by atoms with van der Waals surface area (Å²) >= 11 is 0. The number of nitrogens with two attached hydrogens (primary N) is 1. The number of para-hydroxylation sites is 1. The van der Waals surface area contributed by atoms with Crippen molar-refractivity contribution < 1.29 is 0 Å². The number of hydrogen-bond acceptors (Lipinski definition) is 3. The molecule has 21 heavy (non-hydrogen) atoms. The molecule has 1 heterocycles. The summed E-state index contributed by atoms with van der Waals surface area (Å²) in [6.45, 7) is 8.72. The quantitative estimate of drug-likeness (QED) is 0.874. The van der Waals surface area contributed by atoms with Crippen molar-refractivity contribution in [2.75, 3.05) is 38.1 Å². The van der Waals surface area contributed by atoms with Crippen LogP contribution in [0.15, 0.2) is 30.3 Å². The molecule has 1 aliphatic heterocycles. The molecule has 0 saturated carbocycles. The lowest BCUT2D eigenvalue weighted by Crippen LogP contribution is -2.58. The van der Waals surface area contributed by atoms with Crippen molar-refractivity contribution in [3.8, 4) is 0 Å². The maximum atomic E-state index is 6.17. The van der Waals surface area contributed by atoms with Crippen LogP contribution in [0.25, 0.3) is 0 Å². The third kappa shape index (κ3) is 3.98. The second-order valence-electron chi connectivity index (χ2n) is 6.86. The van der Waals surface area contributed by atoms with E-state index >= 15 is 0 Å². The van der Waals surface area contributed by atoms with E-state index in [-0.39, 0.29) is 5.54 Å². The molecule has 2 N–H and O–H groups in total. The monoisotopic (exact) mass is 289 g/mol. The molecular formula is C18H31N3. The van der Waals surface area contributed by atoms with Gasteiger partial charge in [-0.25, -0.2) is 0 Å². The van der Waals surface area contributed by atoms with Crippen molar-refractivity contribution in [2.24, 2.45) is 11.7 Å². The lowest BCUT2D eigenvalue weighted by atomic mass is 9.85. The van der Waals surface area contributed by atoms with Gasteiger partial charge in [-0.1, -0.05) is 32.0 Å². The number of likely N-dealkylation sites (N-methyl/N-ethyl adjacent to an activating group) is 1. The standard InChI is InChI=1S/C18H31N3/c1-16(2)9-12-20(3)18(15-19)10-13-21(14-11-18)17-7-5-4-6-8-17/h4-8,16H,9-15,19H2,1-3H3. The van der Waals surface area contributed by atoms with E-state index in [4.69, 9.17) is 5.73 Å². The molecular weight excluding hydrogens is 258 g/mol. The molecule has 0 aliphatic carbocycles. The van der Waals surface area contributed by atoms with Gasteiger partial charge in [-0.05, 0) is 50.9 Å². The van der Waals surface area contributed by atoms with Crippen molar-refractivity contribution in [2.45, 2.75) is 38.6 Å². The Morgan fingerprint density at radius 3 is 2.33 bits per heavy atom. The molecule has 3 nitrogen and oxygen atoms in total. The van der Waals surface area contributed by atoms with E-state index in [0.717, 1.165) is 44.9 Å². The molecule has 1 aromatic carbocycles. The number of nitrogens with zero attached hydrogens (tertiary/aromatic N) is 2. The second kappa shape index (κ2) is 7.28. The molecule has 2 rings (SSSR count). The summed E-state index contributed by atoms with van der Waals surface area (Å²) < 4.78 is 0. The summed E-state index contributed by atoms with van der Waals surface area (Å²) in [6, 6.07) is 10.7. The molecule has 3 heteroatoms. The van der Waals surface area contributed by atoms with Gasteiger partial charge >= 0.3 is 0 Å². The predicted octanol–water partition coefficient (Wildman–Crippen LogP) is 2.96. The van der Waals surface area contributed by atoms with Gasteiger partial charge < -0.3 is 10.6 Å². The Kier molecular flexibility index (Phi) is 5.65. The number of hydrogen-bond donors (Lipinski definition) is 1. The molecule has 1 fully saturated rings. The average Bonchev–Trinajstić information content (AvgIpc) is 2.53. The Bertz CT molecular complexity index is 408. The zero-order chi connectivity index (χ0) is 15.3. The Balaban J connectivity index is 1.95. The van der Waals surface area contributed by atoms with Gasteiger partial charge in [-0.15, -0.1) is 0 Å². The summed E-state index contributed by atoms with van der Waals surface area (Å²) in [5.41, 5.74) is 7.70. The minimum absolute atomic E-state index is 0.195. The van der Waals surface area contributed by atoms with Crippen LogP contribution < -0.4 is 10.6 Å². The molecule has 0 atom stereocenters. The van der Waals surface area contributed by atoms with Crippen LogP contribution in [0.5, 0.6) is 0 Å². The molecule has 0 spiro atoms. The molecule has 0 aromatic heterocycles. The number of anilines is 1. The molecule has 118 valence electrons. The van der Waals surface area contributed by atoms with Gasteiger partial charge in [-0.2, -0.15) is 0 Å². The maximum Gasteiger partial charge on any atom is 0.0366 e. The summed E-state index contributed by atoms with van der Waals surface area (Å²) in [6.07, 6.45) is 3.57. The van der Waals surface area contributed by atoms with Crippen molar-refractivity contribution in [3.63, 3.8) is 0 Å². The molecule has 0 bridgehead atoms. The third-order valence-corrected chi connectivity index (χ3v) is 5.05. The Labute approximate surface area is 130 Å². The van der Waals surface area contributed by atoms with E-state index in [0.29, 0.717) is 0 Å². The summed E-state index contributed by atoms with van der Waals surface area (Å²) in [5, 5.41) is 0. The van der Waals surface area contributed by atoms with Crippen LogP contribution in [0, 0.1) is 5.92 Å². The van der Waals surface area contributed by atoms with E-state index in [2.05, 4.69) is 61.0 Å². The van der Waals surface area contributed by atoms with E-state index in [1.807, 2.05) is 0 Å². The van der Waals surface area contributed by atoms with E-state index in [1.165, 1.54) is 12.1 Å². The van der Waals surface area contributed by atoms with Gasteiger partial charge in [0.2, 0.25) is 0 Å². The van der Waals surface area contributed by atoms with Crippen LogP contribution in [-0.2, 0) is 0 Å². The minimum atomic E-state index is 0.195. The lowest BCUT2D eigenvalue weighted by molar-refractivity contribution is 0.0917. The van der Waals surface area contributed by atoms with Crippen LogP contribution in [0.2, 0.25) is 0 Å². The normalized spacial score (nSPS) is 18.5. The first-order chi connectivity index (χ1) is 10.1. The van der Waals surface area contributed by atoms with Gasteiger partial charge in [0.1, 0.15) is 0 Å². The Hall–Kier alpha value is -1.06. The number of piperidine rings is 1. The van der Waals surface area contributed by atoms with Gasteiger partial charge in [0.05, 0.1) is 0 Å². The van der Waals surface area contributed by atoms with Crippen LogP contribution >= 0.6 is 0 Å². The van der Waals surface area contributed by atoms with Crippen LogP contribution in [0.4, 0.5) is 5.69 Å². The number of rotatable bonds is 6. The third-order valence-electron chi connectivity index (χ3n) is 5.05. The molecule has 1 aliphatic rings. The topological polar surface area (TPSA) is 32.5 Å². The molecule has 1 aromatic rings. The second-order valence-corrected chi connectivity index (χ2v) is 6.86. The fourth-order valence-corrected chi connectivity index (χ4v) is 3.25. The maximum absolute atomic E-state index is 6.17. The van der Waals surface area contributed by atoms with Gasteiger partial charge in [-0.3, -0.25) is 4.90 Å². The first-order valence-electron chi connectivity index (χ1n) is 8.29. The van der Waals surface area contributed by atoms with Crippen LogP contribution in [0.1, 0.15) is 33.1 Å². The largest absolute Gasteiger partial charge is 0.371 e. The summed E-state index contributed by atoms with van der Waals surface area (Å²) in [4.78, 5) is 5.01. The zero-order valence-electron chi connectivity index (χ0n) is 13.9. The Morgan fingerprint density at radius 1 is 1.19 bits per heavy atom. The molecule has 1 saturated heterocycles. The molecule has 0 radical (unpaired) electrons. The van der Waals surface area contributed by atoms with E-state index in [9.17, 15) is 0 Å². The van der Waals surface area contributed by atoms with Crippen molar-refractivity contribution in [1.82, 2.24) is 4.90 Å². The predicted molar refractivity (Wildman–Crippen MR) is 91.8 cm³/mol. The highest BCUT2D eigenvalue weighted by atomic mass is 15.2. The van der Waals surface area contributed by atoms with Crippen molar-refractivity contribution in [1.29, 1.82) is 0 Å². The zero-order valence-corrected chi connectivity index (χ0v) is 13.9.